The van der Waals surface area contributed by atoms with Crippen molar-refractivity contribution in [1.29, 1.82) is 0 Å². The maximum Gasteiger partial charge on any atom is -1.00 e. The predicted molar refractivity (Wildman–Crippen MR) is 282 cm³/mol. The van der Waals surface area contributed by atoms with Crippen LogP contribution in [0, 0.1) is 59.2 Å². The van der Waals surface area contributed by atoms with E-state index < -0.39 is 16.1 Å². The molecule has 6 heteroatoms. The summed E-state index contributed by atoms with van der Waals surface area (Å²) in [7, 11) is -2.49. The zero-order chi connectivity index (χ0) is 44.5. The molecule has 66 heavy (non-hydrogen) atoms. The van der Waals surface area contributed by atoms with Crippen LogP contribution in [-0.2, 0) is 36.2 Å². The van der Waals surface area contributed by atoms with E-state index in [-0.39, 0.29) is 30.2 Å². The van der Waals surface area contributed by atoms with Gasteiger partial charge in [-0.3, -0.25) is 0 Å². The summed E-state index contributed by atoms with van der Waals surface area (Å²) in [4.78, 5) is 0. The van der Waals surface area contributed by atoms with Gasteiger partial charge in [0.2, 0.25) is 0 Å². The van der Waals surface area contributed by atoms with Gasteiger partial charge in [0.15, 0.2) is 0 Å². The van der Waals surface area contributed by atoms with E-state index in [4.69, 9.17) is 0 Å². The van der Waals surface area contributed by atoms with Crippen molar-refractivity contribution in [2.45, 2.75) is 129 Å². The fourth-order valence-electron chi connectivity index (χ4n) is 14.9. The Bertz CT molecular complexity index is 2370. The zero-order valence-electron chi connectivity index (χ0n) is 41.4. The molecule has 0 spiro atoms. The molecular formula is C60H76Cl2Si3Zr-2. The van der Waals surface area contributed by atoms with Gasteiger partial charge in [0.25, 0.3) is 0 Å². The van der Waals surface area contributed by atoms with Crippen LogP contribution in [0.3, 0.4) is 0 Å². The van der Waals surface area contributed by atoms with Crippen molar-refractivity contribution in [3.05, 3.63) is 120 Å². The van der Waals surface area contributed by atoms with Crippen LogP contribution in [0.2, 0.25) is 52.4 Å². The number of hydrogen-bond donors (Lipinski definition) is 0. The van der Waals surface area contributed by atoms with E-state index in [0.29, 0.717) is 0 Å². The van der Waals surface area contributed by atoms with E-state index in [0.717, 1.165) is 59.2 Å². The molecule has 0 aliphatic heterocycles. The largest absolute Gasteiger partial charge is 1.00 e. The van der Waals surface area contributed by atoms with Crippen molar-refractivity contribution in [1.82, 2.24) is 0 Å². The summed E-state index contributed by atoms with van der Waals surface area (Å²) in [6.07, 6.45) is 18.0. The Morgan fingerprint density at radius 2 is 0.773 bits per heavy atom. The van der Waals surface area contributed by atoms with Crippen LogP contribution in [0.1, 0.15) is 75.3 Å². The van der Waals surface area contributed by atoms with E-state index in [9.17, 15) is 0 Å². The molecule has 8 fully saturated rings. The van der Waals surface area contributed by atoms with Gasteiger partial charge in [-0.15, -0.1) is 69.1 Å². The van der Waals surface area contributed by atoms with Crippen molar-refractivity contribution in [3.8, 4) is 22.3 Å². The summed E-state index contributed by atoms with van der Waals surface area (Å²) < 4.78 is 0. The third kappa shape index (κ3) is 10.9. The SMILES string of the molecule is C[Si](C)(C)c1ccc(-c2cccc3[cH-]c(CC4C5CC6CC(C5)CC4C6)cc23)cc1.C[Si](C)(C)c1ccc(-c2cccc3[cH-]c(CC4C5CC6CC(C5)CC4C6)cc23)cc1.C[Si](C)=[Zr+2].[Cl-].[Cl-]. The van der Waals surface area contributed by atoms with Crippen LogP contribution in [-0.4, -0.2) is 21.6 Å². The van der Waals surface area contributed by atoms with E-state index in [1.165, 1.54) is 108 Å². The van der Waals surface area contributed by atoms with Crippen LogP contribution in [0.5, 0.6) is 0 Å². The normalized spacial score (nSPS) is 28.0. The third-order valence-electron chi connectivity index (χ3n) is 17.5. The summed E-state index contributed by atoms with van der Waals surface area (Å²) in [5, 5.41) is 8.86. The van der Waals surface area contributed by atoms with Crippen molar-refractivity contribution < 1.29 is 48.1 Å². The second-order valence-corrected chi connectivity index (χ2v) is 44.1. The Kier molecular flexibility index (Phi) is 15.7. The molecule has 0 nitrogen and oxygen atoms in total. The maximum atomic E-state index is 2.53. The number of rotatable bonds is 8. The Labute approximate surface area is 429 Å². The van der Waals surface area contributed by atoms with Gasteiger partial charge in [0.05, 0.1) is 16.1 Å². The minimum atomic E-state index is -1.25. The standard InChI is InChI=1S/2C29H35Si.C2H6Si.2ClH.Zr/c2*1-30(2,3)26-9-7-22(8-10-26)27-6-4-5-23-12-21(18-29(23)27)17-28-24-13-19-11-20(15-24)16-25(28)14-19;1-3-2;;;/h2*4-10,12,18-20,24-25,28H,11,13-17H2,1-3H3;1-2H3;2*1H;/q2*-1;;;;+2/p-2. The summed E-state index contributed by atoms with van der Waals surface area (Å²) in [5.41, 5.74) is 8.95. The third-order valence-corrected chi connectivity index (χ3v) is 21.7. The average Bonchev–Trinajstić information content (AvgIpc) is 3.86. The second-order valence-electron chi connectivity index (χ2n) is 24.6. The van der Waals surface area contributed by atoms with Gasteiger partial charge in [0.1, 0.15) is 0 Å². The molecule has 6 aromatic carbocycles. The fraction of sp³-hybridized carbons (Fsp3) is 0.500. The van der Waals surface area contributed by atoms with Gasteiger partial charge < -0.3 is 24.8 Å². The first kappa shape index (κ1) is 50.6. The molecule has 0 radical (unpaired) electrons. The molecule has 6 aromatic rings. The zero-order valence-corrected chi connectivity index (χ0v) is 48.4. The van der Waals surface area contributed by atoms with Gasteiger partial charge >= 0.3 is 41.9 Å². The summed E-state index contributed by atoms with van der Waals surface area (Å²) in [6.45, 7) is 19.2. The minimum Gasteiger partial charge on any atom is -1.00 e. The first-order valence-electron chi connectivity index (χ1n) is 25.7. The molecule has 0 atom stereocenters. The van der Waals surface area contributed by atoms with Crippen LogP contribution in [0.25, 0.3) is 43.8 Å². The molecule has 8 saturated carbocycles. The summed E-state index contributed by atoms with van der Waals surface area (Å²) in [6, 6.07) is 42.7. The summed E-state index contributed by atoms with van der Waals surface area (Å²) >= 11 is 1.74. The van der Waals surface area contributed by atoms with Gasteiger partial charge in [0, 0.05) is 0 Å². The first-order chi connectivity index (χ1) is 30.6. The Balaban J connectivity index is 0.000000162. The molecule has 8 bridgehead atoms. The maximum absolute atomic E-state index is 2.53. The van der Waals surface area contributed by atoms with Gasteiger partial charge in [-0.2, -0.15) is 12.1 Å². The van der Waals surface area contributed by atoms with Crippen molar-refractivity contribution in [2.24, 2.45) is 59.2 Å². The molecule has 0 N–H and O–H groups in total. The molecule has 0 amide bonds. The van der Waals surface area contributed by atoms with Crippen LogP contribution in [0.15, 0.2) is 109 Å². The molecule has 0 aromatic heterocycles. The smallest absolute Gasteiger partial charge is 1.00 e. The molecule has 0 heterocycles. The Morgan fingerprint density at radius 1 is 0.470 bits per heavy atom. The molecule has 8 aliphatic carbocycles. The number of hydrogen-bond acceptors (Lipinski definition) is 0. The van der Waals surface area contributed by atoms with Gasteiger partial charge in [-0.1, -0.05) is 121 Å². The second kappa shape index (κ2) is 20.5. The van der Waals surface area contributed by atoms with E-state index in [1.807, 2.05) is 0 Å². The van der Waals surface area contributed by atoms with E-state index >= 15 is 0 Å². The van der Waals surface area contributed by atoms with Crippen LogP contribution >= 0.6 is 0 Å². The summed E-state index contributed by atoms with van der Waals surface area (Å²) in [5.74, 6) is 10.3. The van der Waals surface area contributed by atoms with Crippen molar-refractivity contribution in [2.75, 3.05) is 0 Å². The van der Waals surface area contributed by atoms with Crippen molar-refractivity contribution >= 4 is 53.5 Å². The van der Waals surface area contributed by atoms with Crippen LogP contribution < -0.4 is 35.2 Å². The molecule has 14 rings (SSSR count). The van der Waals surface area contributed by atoms with Gasteiger partial charge in [-0.05, 0) is 147 Å². The molecular weight excluding hydrogens is 967 g/mol. The first-order valence-corrected chi connectivity index (χ1v) is 38.9. The van der Waals surface area contributed by atoms with Crippen molar-refractivity contribution in [3.63, 3.8) is 0 Å². The minimum absolute atomic E-state index is 0. The topological polar surface area (TPSA) is 0 Å². The quantitative estimate of drug-likeness (QED) is 0.105. The number of halogens is 2. The van der Waals surface area contributed by atoms with Gasteiger partial charge in [-0.25, -0.2) is 0 Å². The Morgan fingerprint density at radius 3 is 1.06 bits per heavy atom. The fourth-order valence-corrected chi connectivity index (χ4v) is 17.3. The number of benzene rings is 4. The average molecular weight is 1040 g/mol. The van der Waals surface area contributed by atoms with E-state index in [2.05, 4.69) is 162 Å². The number of fused-ring (bicyclic) bond motifs is 2. The monoisotopic (exact) mass is 1040 g/mol. The molecule has 348 valence electrons. The molecule has 0 saturated heterocycles. The molecule has 8 aliphatic rings. The molecule has 0 unspecified atom stereocenters. The van der Waals surface area contributed by atoms with E-state index in [1.54, 1.807) is 57.7 Å². The Hall–Kier alpha value is -1.79. The van der Waals surface area contributed by atoms with Crippen LogP contribution in [0.4, 0.5) is 0 Å². The predicted octanol–water partition coefficient (Wildman–Crippen LogP) is 9.56.